The van der Waals surface area contributed by atoms with Crippen LogP contribution in [0.15, 0.2) is 30.3 Å². The molecular weight excluding hydrogens is 360 g/mol. The molecule has 28 heavy (non-hydrogen) atoms. The second-order valence-corrected chi connectivity index (χ2v) is 7.87. The summed E-state index contributed by atoms with van der Waals surface area (Å²) in [5.74, 6) is -1.28. The molecule has 156 valence electrons. The standard InChI is InChI=1S/C22H32O6/c23-18(22(28)15-8-4-3-5-9-15)13-12-17-16(19(24)14-20(17)25)10-6-1-2-7-11-21(26)27/h3-5,8-9,16-20,23-25H,1-2,6-7,10-14H2,(H,26,27)/t16?,17-,18?,19+,20?/m1/s1. The fourth-order valence-electron chi connectivity index (χ4n) is 4.27. The topological polar surface area (TPSA) is 115 Å². The van der Waals surface area contributed by atoms with Gasteiger partial charge >= 0.3 is 5.97 Å². The fraction of sp³-hybridized carbons (Fsp3) is 0.636. The summed E-state index contributed by atoms with van der Waals surface area (Å²) in [6.45, 7) is 0. The van der Waals surface area contributed by atoms with E-state index in [0.717, 1.165) is 25.7 Å². The van der Waals surface area contributed by atoms with Crippen LogP contribution in [0, 0.1) is 11.8 Å². The molecule has 0 aliphatic heterocycles. The second-order valence-electron chi connectivity index (χ2n) is 7.87. The number of aliphatic carboxylic acids is 1. The van der Waals surface area contributed by atoms with Gasteiger partial charge in [-0.2, -0.15) is 0 Å². The van der Waals surface area contributed by atoms with E-state index in [2.05, 4.69) is 0 Å². The number of unbranched alkanes of at least 4 members (excludes halogenated alkanes) is 3. The maximum Gasteiger partial charge on any atom is 0.303 e. The van der Waals surface area contributed by atoms with E-state index in [9.17, 15) is 24.9 Å². The van der Waals surface area contributed by atoms with Crippen molar-refractivity contribution >= 4 is 11.8 Å². The van der Waals surface area contributed by atoms with Crippen molar-refractivity contribution in [2.24, 2.45) is 11.8 Å². The molecule has 6 heteroatoms. The zero-order valence-corrected chi connectivity index (χ0v) is 16.2. The number of rotatable bonds is 12. The van der Waals surface area contributed by atoms with Crippen molar-refractivity contribution < 1.29 is 30.0 Å². The first kappa shape index (κ1) is 22.5. The Morgan fingerprint density at radius 3 is 2.18 bits per heavy atom. The molecule has 4 N–H and O–H groups in total. The Morgan fingerprint density at radius 2 is 1.54 bits per heavy atom. The lowest BCUT2D eigenvalue weighted by molar-refractivity contribution is -0.137. The van der Waals surface area contributed by atoms with Gasteiger partial charge in [0, 0.05) is 12.0 Å². The van der Waals surface area contributed by atoms with Crippen LogP contribution in [0.5, 0.6) is 0 Å². The molecule has 6 nitrogen and oxygen atoms in total. The number of aliphatic hydroxyl groups is 3. The molecule has 0 aromatic heterocycles. The Kier molecular flexibility index (Phi) is 9.09. The predicted octanol–water partition coefficient (Wildman–Crippen LogP) is 2.79. The molecule has 0 heterocycles. The smallest absolute Gasteiger partial charge is 0.303 e. The Morgan fingerprint density at radius 1 is 0.929 bits per heavy atom. The summed E-state index contributed by atoms with van der Waals surface area (Å²) < 4.78 is 0. The van der Waals surface area contributed by atoms with Crippen molar-refractivity contribution in [3.8, 4) is 0 Å². The zero-order chi connectivity index (χ0) is 20.5. The highest BCUT2D eigenvalue weighted by atomic mass is 16.4. The molecule has 2 rings (SSSR count). The Balaban J connectivity index is 1.79. The number of hydrogen-bond donors (Lipinski definition) is 4. The van der Waals surface area contributed by atoms with E-state index in [1.165, 1.54) is 0 Å². The van der Waals surface area contributed by atoms with Crippen molar-refractivity contribution in [3.05, 3.63) is 35.9 Å². The van der Waals surface area contributed by atoms with Gasteiger partial charge in [-0.3, -0.25) is 9.59 Å². The van der Waals surface area contributed by atoms with Crippen LogP contribution >= 0.6 is 0 Å². The average Bonchev–Trinajstić information content (AvgIpc) is 2.95. The number of carbonyl (C=O) groups excluding carboxylic acids is 1. The molecule has 1 saturated carbocycles. The molecular formula is C22H32O6. The molecule has 1 fully saturated rings. The maximum absolute atomic E-state index is 12.3. The van der Waals surface area contributed by atoms with Crippen LogP contribution in [0.25, 0.3) is 0 Å². The minimum Gasteiger partial charge on any atom is -0.481 e. The molecule has 1 aliphatic carbocycles. The first-order chi connectivity index (χ1) is 13.4. The monoisotopic (exact) mass is 392 g/mol. The van der Waals surface area contributed by atoms with Gasteiger partial charge in [-0.05, 0) is 43.9 Å². The van der Waals surface area contributed by atoms with Gasteiger partial charge in [-0.15, -0.1) is 0 Å². The number of carbonyl (C=O) groups is 2. The lowest BCUT2D eigenvalue weighted by atomic mass is 9.84. The third kappa shape index (κ3) is 6.69. The minimum atomic E-state index is -1.11. The highest BCUT2D eigenvalue weighted by Gasteiger charge is 2.41. The van der Waals surface area contributed by atoms with E-state index >= 15 is 0 Å². The summed E-state index contributed by atoms with van der Waals surface area (Å²) in [4.78, 5) is 22.8. The minimum absolute atomic E-state index is 0.0477. The van der Waals surface area contributed by atoms with Gasteiger partial charge in [0.05, 0.1) is 12.2 Å². The highest BCUT2D eigenvalue weighted by molar-refractivity contribution is 5.99. The molecule has 0 bridgehead atoms. The lowest BCUT2D eigenvalue weighted by Crippen LogP contribution is -2.26. The quantitative estimate of drug-likeness (QED) is 0.321. The maximum atomic E-state index is 12.3. The number of carboxylic acids is 1. The molecule has 0 saturated heterocycles. The molecule has 0 amide bonds. The van der Waals surface area contributed by atoms with E-state index in [-0.39, 0.29) is 30.5 Å². The van der Waals surface area contributed by atoms with E-state index < -0.39 is 24.3 Å². The summed E-state index contributed by atoms with van der Waals surface area (Å²) in [5, 5.41) is 39.5. The van der Waals surface area contributed by atoms with Gasteiger partial charge in [0.1, 0.15) is 6.10 Å². The largest absolute Gasteiger partial charge is 0.481 e. The summed E-state index contributed by atoms with van der Waals surface area (Å²) in [5.41, 5.74) is 0.472. The molecule has 1 aromatic rings. The first-order valence-electron chi connectivity index (χ1n) is 10.3. The van der Waals surface area contributed by atoms with Gasteiger partial charge in [-0.25, -0.2) is 0 Å². The summed E-state index contributed by atoms with van der Waals surface area (Å²) in [7, 11) is 0. The molecule has 1 aliphatic rings. The van der Waals surface area contributed by atoms with Crippen LogP contribution in [-0.2, 0) is 4.79 Å². The molecule has 3 unspecified atom stereocenters. The molecule has 0 radical (unpaired) electrons. The van der Waals surface area contributed by atoms with Crippen molar-refractivity contribution in [1.82, 2.24) is 0 Å². The van der Waals surface area contributed by atoms with Gasteiger partial charge < -0.3 is 20.4 Å². The summed E-state index contributed by atoms with van der Waals surface area (Å²) in [6.07, 6.45) is 2.99. The molecule has 0 spiro atoms. The van der Waals surface area contributed by atoms with Crippen LogP contribution in [0.2, 0.25) is 0 Å². The SMILES string of the molecule is O=C(O)CCCCCCC1[C@@H](CCC(O)C(=O)c2ccccc2)C(O)C[C@@H]1O. The van der Waals surface area contributed by atoms with Crippen LogP contribution in [0.4, 0.5) is 0 Å². The first-order valence-corrected chi connectivity index (χ1v) is 10.3. The van der Waals surface area contributed by atoms with Crippen LogP contribution in [-0.4, -0.2) is 50.5 Å². The van der Waals surface area contributed by atoms with Crippen LogP contribution < -0.4 is 0 Å². The fourth-order valence-corrected chi connectivity index (χ4v) is 4.27. The van der Waals surface area contributed by atoms with Crippen molar-refractivity contribution in [2.75, 3.05) is 0 Å². The Labute approximate surface area is 166 Å². The van der Waals surface area contributed by atoms with E-state index in [0.29, 0.717) is 24.8 Å². The molecule has 1 aromatic carbocycles. The number of aliphatic hydroxyl groups excluding tert-OH is 3. The zero-order valence-electron chi connectivity index (χ0n) is 16.2. The number of Topliss-reactive ketones (excluding diaryl/α,β-unsaturated/α-hetero) is 1. The van der Waals surface area contributed by atoms with Crippen molar-refractivity contribution in [3.63, 3.8) is 0 Å². The van der Waals surface area contributed by atoms with Gasteiger partial charge in [-0.1, -0.05) is 49.6 Å². The van der Waals surface area contributed by atoms with Crippen molar-refractivity contribution in [1.29, 1.82) is 0 Å². The Hall–Kier alpha value is -1.76. The van der Waals surface area contributed by atoms with Crippen LogP contribution in [0.1, 0.15) is 68.1 Å². The number of hydrogen-bond acceptors (Lipinski definition) is 5. The Bertz CT molecular complexity index is 617. The second kappa shape index (κ2) is 11.3. The highest BCUT2D eigenvalue weighted by Crippen LogP contribution is 2.39. The van der Waals surface area contributed by atoms with E-state index in [1.54, 1.807) is 24.3 Å². The lowest BCUT2D eigenvalue weighted by Gasteiger charge is -2.24. The van der Waals surface area contributed by atoms with E-state index in [1.807, 2.05) is 6.07 Å². The summed E-state index contributed by atoms with van der Waals surface area (Å²) >= 11 is 0. The normalized spacial score (nSPS) is 25.5. The number of benzene rings is 1. The van der Waals surface area contributed by atoms with Gasteiger partial charge in [0.25, 0.3) is 0 Å². The average molecular weight is 392 g/mol. The molecule has 5 atom stereocenters. The predicted molar refractivity (Wildman–Crippen MR) is 105 cm³/mol. The van der Waals surface area contributed by atoms with Gasteiger partial charge in [0.2, 0.25) is 0 Å². The summed E-state index contributed by atoms with van der Waals surface area (Å²) in [6, 6.07) is 8.67. The van der Waals surface area contributed by atoms with Crippen molar-refractivity contribution in [2.45, 2.75) is 76.1 Å². The van der Waals surface area contributed by atoms with E-state index in [4.69, 9.17) is 5.11 Å². The van der Waals surface area contributed by atoms with Gasteiger partial charge in [0.15, 0.2) is 5.78 Å². The third-order valence-electron chi connectivity index (χ3n) is 5.83. The van der Waals surface area contributed by atoms with Crippen LogP contribution in [0.3, 0.4) is 0 Å². The number of ketones is 1. The third-order valence-corrected chi connectivity index (χ3v) is 5.83. The number of carboxylic acid groups (broad SMARTS) is 1.